The van der Waals surface area contributed by atoms with Crippen molar-refractivity contribution in [2.75, 3.05) is 33.9 Å². The molecule has 0 bridgehead atoms. The van der Waals surface area contributed by atoms with Gasteiger partial charge >= 0.3 is 0 Å². The second kappa shape index (κ2) is 8.61. The highest BCUT2D eigenvalue weighted by Gasteiger charge is 2.44. The van der Waals surface area contributed by atoms with E-state index in [1.165, 1.54) is 7.05 Å². The number of nitrogens with one attached hydrogen (secondary N) is 1. The van der Waals surface area contributed by atoms with Crippen molar-refractivity contribution in [1.82, 2.24) is 9.62 Å². The predicted molar refractivity (Wildman–Crippen MR) is 117 cm³/mol. The maximum Gasteiger partial charge on any atom is 0.240 e. The molecule has 0 saturated carbocycles. The van der Waals surface area contributed by atoms with E-state index in [2.05, 4.69) is 4.72 Å². The van der Waals surface area contributed by atoms with Crippen molar-refractivity contribution in [2.45, 2.75) is 36.1 Å². The minimum atomic E-state index is -3.54. The maximum absolute atomic E-state index is 13.9. The van der Waals surface area contributed by atoms with E-state index >= 15 is 0 Å². The molecule has 0 aliphatic carbocycles. The van der Waals surface area contributed by atoms with Gasteiger partial charge < -0.3 is 14.4 Å². The summed E-state index contributed by atoms with van der Waals surface area (Å²) in [6, 6.07) is 13.0. The largest absolute Gasteiger partial charge is 0.497 e. The molecule has 0 spiro atoms. The third kappa shape index (κ3) is 3.95. The monoisotopic (exact) mass is 444 g/mol. The van der Waals surface area contributed by atoms with Crippen LogP contribution in [0.25, 0.3) is 0 Å². The molecule has 2 aromatic carbocycles. The number of amides is 1. The fourth-order valence-electron chi connectivity index (χ4n) is 4.67. The smallest absolute Gasteiger partial charge is 0.240 e. The molecule has 8 heteroatoms. The molecule has 1 saturated heterocycles. The van der Waals surface area contributed by atoms with Crippen LogP contribution in [-0.4, -0.2) is 53.1 Å². The van der Waals surface area contributed by atoms with E-state index in [1.807, 2.05) is 35.2 Å². The van der Waals surface area contributed by atoms with E-state index in [-0.39, 0.29) is 5.91 Å². The zero-order valence-electron chi connectivity index (χ0n) is 17.9. The summed E-state index contributed by atoms with van der Waals surface area (Å²) in [4.78, 5) is 16.1. The van der Waals surface area contributed by atoms with Crippen LogP contribution in [0.4, 0.5) is 0 Å². The van der Waals surface area contributed by atoms with Crippen LogP contribution < -0.4 is 9.46 Å². The number of nitrogens with zero attached hydrogens (tertiary/aromatic N) is 1. The van der Waals surface area contributed by atoms with E-state index in [9.17, 15) is 13.2 Å². The molecule has 0 atom stereocenters. The molecular formula is C23H28N2O5S. The van der Waals surface area contributed by atoms with Gasteiger partial charge in [-0.3, -0.25) is 4.79 Å². The second-order valence-corrected chi connectivity index (χ2v) is 9.86. The van der Waals surface area contributed by atoms with Crippen LogP contribution in [0.3, 0.4) is 0 Å². The molecule has 4 rings (SSSR count). The van der Waals surface area contributed by atoms with Crippen LogP contribution in [0.1, 0.15) is 29.5 Å². The van der Waals surface area contributed by atoms with Crippen LogP contribution in [0.5, 0.6) is 5.75 Å². The highest BCUT2D eigenvalue weighted by Crippen LogP contribution is 2.39. The quantitative estimate of drug-likeness (QED) is 0.765. The van der Waals surface area contributed by atoms with Crippen molar-refractivity contribution in [3.8, 4) is 5.75 Å². The van der Waals surface area contributed by atoms with Crippen molar-refractivity contribution in [3.05, 3.63) is 59.2 Å². The van der Waals surface area contributed by atoms with Crippen LogP contribution in [-0.2, 0) is 37.9 Å². The number of rotatable bonds is 5. The highest BCUT2D eigenvalue weighted by atomic mass is 32.2. The van der Waals surface area contributed by atoms with Gasteiger partial charge in [-0.2, -0.15) is 0 Å². The van der Waals surface area contributed by atoms with Crippen LogP contribution in [0.15, 0.2) is 47.4 Å². The van der Waals surface area contributed by atoms with Crippen LogP contribution >= 0.6 is 0 Å². The number of hydrogen-bond donors (Lipinski definition) is 1. The Balaban J connectivity index is 1.66. The minimum Gasteiger partial charge on any atom is -0.497 e. The maximum atomic E-state index is 13.9. The summed E-state index contributed by atoms with van der Waals surface area (Å²) < 4.78 is 38.1. The molecule has 2 aliphatic heterocycles. The third-order valence-corrected chi connectivity index (χ3v) is 7.97. The Morgan fingerprint density at radius 3 is 2.48 bits per heavy atom. The molecule has 0 radical (unpaired) electrons. The van der Waals surface area contributed by atoms with E-state index in [0.29, 0.717) is 50.5 Å². The number of benzene rings is 2. The van der Waals surface area contributed by atoms with Gasteiger partial charge in [0.25, 0.3) is 0 Å². The lowest BCUT2D eigenvalue weighted by atomic mass is 9.72. The Labute approximate surface area is 183 Å². The highest BCUT2D eigenvalue weighted by molar-refractivity contribution is 7.89. The van der Waals surface area contributed by atoms with Gasteiger partial charge in [0, 0.05) is 26.3 Å². The third-order valence-electron chi connectivity index (χ3n) is 6.47. The molecule has 31 heavy (non-hydrogen) atoms. The minimum absolute atomic E-state index is 0.0773. The summed E-state index contributed by atoms with van der Waals surface area (Å²) in [7, 11) is -0.504. The van der Waals surface area contributed by atoms with Crippen molar-refractivity contribution >= 4 is 15.9 Å². The van der Waals surface area contributed by atoms with Crippen LogP contribution in [0, 0.1) is 0 Å². The normalized spacial score (nSPS) is 18.3. The number of carbonyl (C=O) groups is 1. The topological polar surface area (TPSA) is 84.9 Å². The van der Waals surface area contributed by atoms with Gasteiger partial charge in [0.2, 0.25) is 15.9 Å². The molecule has 2 aliphatic rings. The van der Waals surface area contributed by atoms with E-state index < -0.39 is 15.4 Å². The van der Waals surface area contributed by atoms with Crippen molar-refractivity contribution in [1.29, 1.82) is 0 Å². The Morgan fingerprint density at radius 2 is 1.84 bits per heavy atom. The standard InChI is InChI=1S/C23H28N2O5S/c1-24-31(27,28)21-5-3-4-17-16-25(13-10-20(17)21)22(26)23(11-14-30-15-12-23)18-6-8-19(29-2)9-7-18/h3-9,24H,10-16H2,1-2H3. The molecule has 1 fully saturated rings. The average Bonchev–Trinajstić information content (AvgIpc) is 2.83. The van der Waals surface area contributed by atoms with Crippen LogP contribution in [0.2, 0.25) is 0 Å². The first-order valence-electron chi connectivity index (χ1n) is 10.5. The molecule has 166 valence electrons. The van der Waals surface area contributed by atoms with Crippen molar-refractivity contribution in [3.63, 3.8) is 0 Å². The predicted octanol–water partition coefficient (Wildman–Crippen LogP) is 2.24. The van der Waals surface area contributed by atoms with E-state index in [4.69, 9.17) is 9.47 Å². The van der Waals surface area contributed by atoms with Gasteiger partial charge in [0.1, 0.15) is 5.75 Å². The number of carbonyl (C=O) groups excluding carboxylic acids is 1. The fraction of sp³-hybridized carbons (Fsp3) is 0.435. The molecule has 0 unspecified atom stereocenters. The van der Waals surface area contributed by atoms with Gasteiger partial charge in [0.05, 0.1) is 17.4 Å². The van der Waals surface area contributed by atoms with Gasteiger partial charge in [-0.1, -0.05) is 24.3 Å². The number of sulfonamides is 1. The molecule has 2 aromatic rings. The van der Waals surface area contributed by atoms with Crippen molar-refractivity contribution < 1.29 is 22.7 Å². The number of hydrogen-bond acceptors (Lipinski definition) is 5. The van der Waals surface area contributed by atoms with Gasteiger partial charge in [-0.05, 0) is 61.2 Å². The Morgan fingerprint density at radius 1 is 1.13 bits per heavy atom. The van der Waals surface area contributed by atoms with Crippen molar-refractivity contribution in [2.24, 2.45) is 0 Å². The lowest BCUT2D eigenvalue weighted by molar-refractivity contribution is -0.142. The first-order valence-corrected chi connectivity index (χ1v) is 12.0. The first kappa shape index (κ1) is 21.8. The summed E-state index contributed by atoms with van der Waals surface area (Å²) in [5, 5.41) is 0. The van der Waals surface area contributed by atoms with Gasteiger partial charge in [0.15, 0.2) is 0 Å². The molecular weight excluding hydrogens is 416 g/mol. The second-order valence-electron chi connectivity index (χ2n) is 8.00. The molecule has 1 N–H and O–H groups in total. The van der Waals surface area contributed by atoms with Gasteiger partial charge in [-0.15, -0.1) is 0 Å². The zero-order valence-corrected chi connectivity index (χ0v) is 18.7. The Kier molecular flexibility index (Phi) is 6.05. The van der Waals surface area contributed by atoms with E-state index in [0.717, 1.165) is 22.4 Å². The van der Waals surface area contributed by atoms with E-state index in [1.54, 1.807) is 19.2 Å². The Hall–Kier alpha value is -2.42. The van der Waals surface area contributed by atoms with Gasteiger partial charge in [-0.25, -0.2) is 13.1 Å². The molecule has 0 aromatic heterocycles. The number of ether oxygens (including phenoxy) is 2. The lowest BCUT2D eigenvalue weighted by Crippen LogP contribution is -2.51. The average molecular weight is 445 g/mol. The lowest BCUT2D eigenvalue weighted by Gasteiger charge is -2.41. The zero-order chi connectivity index (χ0) is 22.1. The summed E-state index contributed by atoms with van der Waals surface area (Å²) in [5.74, 6) is 0.831. The Bertz CT molecular complexity index is 1060. The SMILES string of the molecule is CNS(=O)(=O)c1cccc2c1CCN(C(=O)C1(c3ccc(OC)cc3)CCOCC1)C2. The molecule has 1 amide bonds. The summed E-state index contributed by atoms with van der Waals surface area (Å²) in [6.07, 6.45) is 1.75. The summed E-state index contributed by atoms with van der Waals surface area (Å²) in [5.41, 5.74) is 2.01. The number of fused-ring (bicyclic) bond motifs is 1. The summed E-state index contributed by atoms with van der Waals surface area (Å²) in [6.45, 7) is 1.96. The number of methoxy groups -OCH3 is 1. The fourth-order valence-corrected chi connectivity index (χ4v) is 5.70. The first-order chi connectivity index (χ1) is 14.9. The molecule has 7 nitrogen and oxygen atoms in total. The molecule has 2 heterocycles. The summed E-state index contributed by atoms with van der Waals surface area (Å²) >= 11 is 0.